The first-order valence-electron chi connectivity index (χ1n) is 9.10. The molecule has 1 aliphatic heterocycles. The molecule has 1 aromatic carbocycles. The van der Waals surface area contributed by atoms with Gasteiger partial charge in [0.15, 0.2) is 0 Å². The minimum absolute atomic E-state index is 0.138. The summed E-state index contributed by atoms with van der Waals surface area (Å²) in [6, 6.07) is 3.12. The first-order chi connectivity index (χ1) is 13.3. The Morgan fingerprint density at radius 2 is 1.93 bits per heavy atom. The molecular weight excluding hydrogens is 362 g/mol. The van der Waals surface area contributed by atoms with Crippen LogP contribution in [-0.4, -0.2) is 45.4 Å². The molecule has 2 aromatic rings. The summed E-state index contributed by atoms with van der Waals surface area (Å²) in [5.41, 5.74) is 7.73. The lowest BCUT2D eigenvalue weighted by atomic mass is 9.96. The van der Waals surface area contributed by atoms with Gasteiger partial charge in [-0.3, -0.25) is 19.2 Å². The summed E-state index contributed by atoms with van der Waals surface area (Å²) in [7, 11) is 0. The van der Waals surface area contributed by atoms with Crippen molar-refractivity contribution in [1.82, 2.24) is 9.78 Å². The van der Waals surface area contributed by atoms with Crippen LogP contribution >= 0.6 is 0 Å². The molecule has 1 fully saturated rings. The van der Waals surface area contributed by atoms with Gasteiger partial charge in [-0.2, -0.15) is 5.10 Å². The topological polar surface area (TPSA) is 122 Å². The van der Waals surface area contributed by atoms with Gasteiger partial charge >= 0.3 is 6.09 Å². The molecule has 0 bridgehead atoms. The molecule has 3 N–H and O–H groups in total. The lowest BCUT2D eigenvalue weighted by Gasteiger charge is -2.40. The largest absolute Gasteiger partial charge is 0.465 e. The van der Waals surface area contributed by atoms with E-state index in [2.05, 4.69) is 5.10 Å². The van der Waals surface area contributed by atoms with E-state index in [9.17, 15) is 19.5 Å². The molecule has 1 aromatic heterocycles. The van der Waals surface area contributed by atoms with Crippen LogP contribution in [0, 0.1) is 0 Å². The molecule has 3 amide bonds. The number of primary amides is 1. The molecule has 28 heavy (non-hydrogen) atoms. The van der Waals surface area contributed by atoms with Crippen molar-refractivity contribution in [3.05, 3.63) is 30.1 Å². The van der Waals surface area contributed by atoms with E-state index < -0.39 is 12.0 Å². The minimum Gasteiger partial charge on any atom is -0.465 e. The van der Waals surface area contributed by atoms with Crippen LogP contribution in [0.3, 0.4) is 0 Å². The van der Waals surface area contributed by atoms with Crippen molar-refractivity contribution in [1.29, 1.82) is 0 Å². The summed E-state index contributed by atoms with van der Waals surface area (Å²) in [5, 5.41) is 14.0. The molecule has 1 atom stereocenters. The minimum atomic E-state index is -1.12. The molecule has 2 aliphatic rings. The van der Waals surface area contributed by atoms with E-state index in [0.717, 1.165) is 12.8 Å². The van der Waals surface area contributed by atoms with Crippen molar-refractivity contribution in [3.63, 3.8) is 0 Å². The second-order valence-corrected chi connectivity index (χ2v) is 7.32. The van der Waals surface area contributed by atoms with Crippen LogP contribution in [0.25, 0.3) is 11.1 Å². The molecule has 0 radical (unpaired) electrons. The summed E-state index contributed by atoms with van der Waals surface area (Å²) in [6.45, 7) is 3.31. The van der Waals surface area contributed by atoms with Gasteiger partial charge in [-0.1, -0.05) is 0 Å². The maximum atomic E-state index is 12.2. The number of aromatic nitrogens is 2. The zero-order valence-electron chi connectivity index (χ0n) is 15.6. The molecular formula is C19H21N5O4. The third-order valence-electron chi connectivity index (χ3n) is 5.22. The molecule has 9 heteroatoms. The molecule has 4 rings (SSSR count). The Morgan fingerprint density at radius 1 is 1.21 bits per heavy atom. The summed E-state index contributed by atoms with van der Waals surface area (Å²) in [5.74, 6) is -0.885. The van der Waals surface area contributed by atoms with Crippen molar-refractivity contribution in [2.24, 2.45) is 5.73 Å². The Labute approximate surface area is 161 Å². The van der Waals surface area contributed by atoms with E-state index in [1.54, 1.807) is 19.2 Å². The highest BCUT2D eigenvalue weighted by molar-refractivity contribution is 6.08. The summed E-state index contributed by atoms with van der Waals surface area (Å²) >= 11 is 0. The van der Waals surface area contributed by atoms with Gasteiger partial charge in [-0.25, -0.2) is 4.79 Å². The number of hydrogen-bond acceptors (Lipinski definition) is 4. The Balaban J connectivity index is 1.92. The van der Waals surface area contributed by atoms with E-state index in [1.807, 2.05) is 10.9 Å². The lowest BCUT2D eigenvalue weighted by Crippen LogP contribution is -2.51. The van der Waals surface area contributed by atoms with Crippen molar-refractivity contribution in [2.75, 3.05) is 16.3 Å². The van der Waals surface area contributed by atoms with Gasteiger partial charge in [0, 0.05) is 30.8 Å². The number of amides is 3. The fourth-order valence-corrected chi connectivity index (χ4v) is 3.79. The molecule has 0 spiro atoms. The summed E-state index contributed by atoms with van der Waals surface area (Å²) < 4.78 is 1.85. The van der Waals surface area contributed by atoms with Gasteiger partial charge in [0.2, 0.25) is 11.8 Å². The van der Waals surface area contributed by atoms with Gasteiger partial charge in [-0.05, 0) is 37.5 Å². The number of carbonyl (C=O) groups excluding carboxylic acids is 2. The number of nitrogens with zero attached hydrogens (tertiary/aromatic N) is 4. The zero-order chi connectivity index (χ0) is 20.2. The third kappa shape index (κ3) is 2.88. The molecule has 0 saturated heterocycles. The van der Waals surface area contributed by atoms with E-state index in [0.29, 0.717) is 28.5 Å². The number of carbonyl (C=O) groups is 3. The Kier molecular flexibility index (Phi) is 4.10. The molecule has 1 saturated carbocycles. The maximum absolute atomic E-state index is 12.2. The number of carboxylic acid groups (broad SMARTS) is 1. The number of hydrogen-bond donors (Lipinski definition) is 2. The Morgan fingerprint density at radius 3 is 2.50 bits per heavy atom. The van der Waals surface area contributed by atoms with Crippen molar-refractivity contribution in [3.8, 4) is 11.1 Å². The Bertz CT molecular complexity index is 994. The average Bonchev–Trinajstić information content (AvgIpc) is 3.36. The highest BCUT2D eigenvalue weighted by Gasteiger charge is 2.35. The number of nitrogens with two attached hydrogens (primary N) is 1. The van der Waals surface area contributed by atoms with Crippen LogP contribution in [0.1, 0.15) is 43.1 Å². The highest BCUT2D eigenvalue weighted by Crippen LogP contribution is 2.42. The Hall–Kier alpha value is -3.36. The third-order valence-corrected chi connectivity index (χ3v) is 5.22. The van der Waals surface area contributed by atoms with Crippen LogP contribution in [0.4, 0.5) is 16.2 Å². The monoisotopic (exact) mass is 383 g/mol. The second-order valence-electron chi connectivity index (χ2n) is 7.32. The van der Waals surface area contributed by atoms with Crippen molar-refractivity contribution in [2.45, 2.75) is 38.8 Å². The summed E-state index contributed by atoms with van der Waals surface area (Å²) in [6.07, 6.45) is 4.48. The number of rotatable bonds is 3. The number of benzene rings is 1. The van der Waals surface area contributed by atoms with E-state index in [4.69, 9.17) is 5.73 Å². The molecule has 9 nitrogen and oxygen atoms in total. The summed E-state index contributed by atoms with van der Waals surface area (Å²) in [4.78, 5) is 38.9. The van der Waals surface area contributed by atoms with Gasteiger partial charge in [0.05, 0.1) is 29.7 Å². The predicted molar refractivity (Wildman–Crippen MR) is 102 cm³/mol. The van der Waals surface area contributed by atoms with Crippen LogP contribution in [0.5, 0.6) is 0 Å². The molecule has 0 unspecified atom stereocenters. The van der Waals surface area contributed by atoms with Gasteiger partial charge in [0.1, 0.15) is 0 Å². The standard InChI is InChI=1S/C19H21N5O4/c1-10-8-22(19(27)28)16-5-14(12-7-21-23(9-12)13-3-4-13)15(18(20)26)6-17(16)24(10)11(2)25/h5-7,9-10,13H,3-4,8H2,1-2H3,(H2,20,26)(H,27,28)/t10-/m0/s1. The van der Waals surface area contributed by atoms with E-state index >= 15 is 0 Å². The normalized spacial score (nSPS) is 18.7. The number of fused-ring (bicyclic) bond motifs is 1. The zero-order valence-corrected chi connectivity index (χ0v) is 15.6. The van der Waals surface area contributed by atoms with E-state index in [-0.39, 0.29) is 24.1 Å². The van der Waals surface area contributed by atoms with E-state index in [1.165, 1.54) is 22.8 Å². The smallest absolute Gasteiger partial charge is 0.411 e. The molecule has 1 aliphatic carbocycles. The predicted octanol–water partition coefficient (Wildman–Crippen LogP) is 2.22. The van der Waals surface area contributed by atoms with Gasteiger partial charge in [-0.15, -0.1) is 0 Å². The van der Waals surface area contributed by atoms with Gasteiger partial charge in [0.25, 0.3) is 0 Å². The fraction of sp³-hybridized carbons (Fsp3) is 0.368. The van der Waals surface area contributed by atoms with Crippen molar-refractivity contribution >= 4 is 29.3 Å². The average molecular weight is 383 g/mol. The molecule has 2 heterocycles. The van der Waals surface area contributed by atoms with Crippen LogP contribution in [0.15, 0.2) is 24.5 Å². The highest BCUT2D eigenvalue weighted by atomic mass is 16.4. The lowest BCUT2D eigenvalue weighted by molar-refractivity contribution is -0.117. The van der Waals surface area contributed by atoms with Gasteiger partial charge < -0.3 is 15.7 Å². The van der Waals surface area contributed by atoms with Crippen molar-refractivity contribution < 1.29 is 19.5 Å². The number of anilines is 2. The first kappa shape index (κ1) is 18.0. The fourth-order valence-electron chi connectivity index (χ4n) is 3.79. The van der Waals surface area contributed by atoms with Crippen LogP contribution in [-0.2, 0) is 4.79 Å². The molecule has 146 valence electrons. The SMILES string of the molecule is CC(=O)N1c2cc(C(N)=O)c(-c3cnn(C4CC4)c3)cc2N(C(=O)O)C[C@@H]1C. The van der Waals surface area contributed by atoms with Crippen LogP contribution in [0.2, 0.25) is 0 Å². The first-order valence-corrected chi connectivity index (χ1v) is 9.10. The maximum Gasteiger partial charge on any atom is 0.411 e. The van der Waals surface area contributed by atoms with Crippen LogP contribution < -0.4 is 15.5 Å². The second kappa shape index (κ2) is 6.36. The quantitative estimate of drug-likeness (QED) is 0.842.